The molecule has 6 nitrogen and oxygen atoms in total. The quantitative estimate of drug-likeness (QED) is 0.322. The van der Waals surface area contributed by atoms with E-state index >= 15 is 0 Å². The van der Waals surface area contributed by atoms with Gasteiger partial charge in [-0.2, -0.15) is 0 Å². The Bertz CT molecular complexity index is 66.9. The largest absolute Gasteiger partial charge is 2.00 e. The van der Waals surface area contributed by atoms with Crippen LogP contribution in [0, 0.1) is 0 Å². The van der Waals surface area contributed by atoms with Crippen LogP contribution in [0.25, 0.3) is 0 Å². The molecule has 0 aliphatic carbocycles. The number of rotatable bonds is 0. The normalized spacial score (nSPS) is 9.23. The van der Waals surface area contributed by atoms with Gasteiger partial charge in [-0.15, -0.1) is 0 Å². The van der Waals surface area contributed by atoms with Crippen molar-refractivity contribution < 1.29 is 37.0 Å². The molecule has 13 heavy (non-hydrogen) atoms. The Morgan fingerprint density at radius 2 is 0.538 bits per heavy atom. The molecule has 13 heteroatoms. The zero-order chi connectivity index (χ0) is 9.00. The van der Waals surface area contributed by atoms with Crippen molar-refractivity contribution in [3.8, 4) is 0 Å². The van der Waals surface area contributed by atoms with E-state index in [1.165, 1.54) is 0 Å². The van der Waals surface area contributed by atoms with Crippen LogP contribution < -0.4 is 28.8 Å². The first-order chi connectivity index (χ1) is 4.00. The molecular weight excluding hydrogens is 310 g/mol. The van der Waals surface area contributed by atoms with Crippen molar-refractivity contribution in [3.63, 3.8) is 0 Å². The molecule has 0 atom stereocenters. The second-order valence-corrected chi connectivity index (χ2v) is 2.89. The third kappa shape index (κ3) is 206. The average Bonchev–Trinajstić information content (AvgIpc) is 1.12. The van der Waals surface area contributed by atoms with E-state index in [0.29, 0.717) is 0 Å². The molecule has 0 bridgehead atoms. The van der Waals surface area contributed by atoms with Crippen molar-refractivity contribution in [1.29, 1.82) is 0 Å². The molecule has 0 N–H and O–H groups in total. The Balaban J connectivity index is -0.0000000267. The third-order valence-electron chi connectivity index (χ3n) is 0. The van der Waals surface area contributed by atoms with E-state index in [1.54, 1.807) is 0 Å². The number of hydrogen-bond acceptors (Lipinski definition) is 6. The first-order valence-electron chi connectivity index (χ1n) is 1.60. The fourth-order valence-electron chi connectivity index (χ4n) is 0. The maximum Gasteiger partial charge on any atom is 2.00 e. The van der Waals surface area contributed by atoms with E-state index in [9.17, 15) is 8.22 Å². The molecule has 0 aromatic carbocycles. The summed E-state index contributed by atoms with van der Waals surface area (Å²) in [4.78, 5) is 50.8. The molecule has 64 valence electrons. The Morgan fingerprint density at radius 3 is 0.538 bits per heavy atom. The van der Waals surface area contributed by atoms with Crippen LogP contribution in [0.1, 0.15) is 0 Å². The maximum atomic E-state index is 10.2. The summed E-state index contributed by atoms with van der Waals surface area (Å²) >= 11 is 0. The smallest absolute Gasteiger partial charge is 0.857 e. The van der Waals surface area contributed by atoms with E-state index in [-0.39, 0.29) is 113 Å². The Hall–Kier alpha value is 3.83. The van der Waals surface area contributed by atoms with Gasteiger partial charge in [0, 0.05) is 0 Å². The summed E-state index contributed by atoms with van der Waals surface area (Å²) < 4.78 is 20.3. The van der Waals surface area contributed by atoms with Crippen molar-refractivity contribution in [2.24, 2.45) is 0 Å². The molecule has 0 heterocycles. The predicted octanol–water partition coefficient (Wildman–Crippen LogP) is -8.20. The summed E-state index contributed by atoms with van der Waals surface area (Å²) in [5.41, 5.74) is 0. The molecule has 0 aromatic heterocycles. The topological polar surface area (TPSA) is 138 Å². The molecule has 0 fully saturated rings. The van der Waals surface area contributed by atoms with Gasteiger partial charge >= 0.3 is 113 Å². The van der Waals surface area contributed by atoms with Gasteiger partial charge in [-0.1, -0.05) is 18.3 Å². The van der Waals surface area contributed by atoms with Gasteiger partial charge < -0.3 is 37.0 Å². The summed E-state index contributed by atoms with van der Waals surface area (Å²) in [5, 5.41) is 0. The molecule has 0 radical (unpaired) electrons. The second-order valence-electron chi connectivity index (χ2n) is 0.963. The monoisotopic (exact) mass is 310 g/mol. The molecule has 0 amide bonds. The Labute approximate surface area is 165 Å². The third-order valence-corrected chi connectivity index (χ3v) is 0. The first-order valence-corrected chi connectivity index (χ1v) is 4.81. The first kappa shape index (κ1) is 30.1. The van der Waals surface area contributed by atoms with Crippen molar-refractivity contribution >= 4 is 131 Å². The molecular formula is Ca3F2O6Si2. The predicted molar refractivity (Wildman–Crippen MR) is 31.0 cm³/mol. The van der Waals surface area contributed by atoms with E-state index in [0.717, 1.165) is 0 Å². The standard InChI is InChI=1S/3Ca.2FO3Si/c;;;2*1-5(2,3)4/q3*+2;2*-3. The summed E-state index contributed by atoms with van der Waals surface area (Å²) in [7, 11) is -11.7. The van der Waals surface area contributed by atoms with Gasteiger partial charge in [0.05, 0.1) is 0 Å². The minimum Gasteiger partial charge on any atom is -0.857 e. The molecule has 0 aliphatic heterocycles. The van der Waals surface area contributed by atoms with Crippen LogP contribution in [0.4, 0.5) is 8.22 Å². The fraction of sp³-hybridized carbons (Fsp3) is 0. The Kier molecular flexibility index (Phi) is 32.2. The van der Waals surface area contributed by atoms with Crippen molar-refractivity contribution in [1.82, 2.24) is 0 Å². The zero-order valence-corrected chi connectivity index (χ0v) is 15.0. The van der Waals surface area contributed by atoms with Gasteiger partial charge in [-0.3, -0.25) is 0 Å². The minimum atomic E-state index is -5.86. The van der Waals surface area contributed by atoms with Crippen LogP contribution in [0.15, 0.2) is 0 Å². The van der Waals surface area contributed by atoms with Gasteiger partial charge in [0.1, 0.15) is 0 Å². The van der Waals surface area contributed by atoms with E-state index < -0.39 is 18.3 Å². The second kappa shape index (κ2) is 13.9. The molecule has 0 saturated carbocycles. The average molecular weight is 310 g/mol. The van der Waals surface area contributed by atoms with Gasteiger partial charge in [-0.25, -0.2) is 0 Å². The van der Waals surface area contributed by atoms with Crippen LogP contribution in [0.5, 0.6) is 0 Å². The van der Waals surface area contributed by atoms with Crippen LogP contribution in [0.2, 0.25) is 0 Å². The van der Waals surface area contributed by atoms with Gasteiger partial charge in [0.2, 0.25) is 0 Å². The Morgan fingerprint density at radius 1 is 0.538 bits per heavy atom. The zero-order valence-electron chi connectivity index (χ0n) is 6.33. The van der Waals surface area contributed by atoms with Crippen LogP contribution in [-0.4, -0.2) is 131 Å². The maximum absolute atomic E-state index is 10.2. The van der Waals surface area contributed by atoms with E-state index in [1.807, 2.05) is 0 Å². The van der Waals surface area contributed by atoms with Crippen LogP contribution in [0.3, 0.4) is 0 Å². The summed E-state index contributed by atoms with van der Waals surface area (Å²) in [6, 6.07) is 0. The van der Waals surface area contributed by atoms with E-state index in [2.05, 4.69) is 0 Å². The molecule has 0 saturated heterocycles. The molecule has 0 spiro atoms. The van der Waals surface area contributed by atoms with Crippen LogP contribution >= 0.6 is 0 Å². The molecule has 0 unspecified atom stereocenters. The van der Waals surface area contributed by atoms with Crippen molar-refractivity contribution in [3.05, 3.63) is 0 Å². The molecule has 0 aromatic rings. The molecule has 0 rings (SSSR count). The van der Waals surface area contributed by atoms with E-state index in [4.69, 9.17) is 28.8 Å². The van der Waals surface area contributed by atoms with Crippen LogP contribution in [-0.2, 0) is 0 Å². The SMILES string of the molecule is [Ca+2].[Ca+2].[Ca+2].[O-][Si]([O-])([O-])F.[O-][Si]([O-])([O-])F. The number of halogens is 2. The van der Waals surface area contributed by atoms with Crippen molar-refractivity contribution in [2.45, 2.75) is 0 Å². The fourth-order valence-corrected chi connectivity index (χ4v) is 0. The summed E-state index contributed by atoms with van der Waals surface area (Å²) in [6.45, 7) is 0. The van der Waals surface area contributed by atoms with Gasteiger partial charge in [-0.05, 0) is 0 Å². The minimum absolute atomic E-state index is 0. The van der Waals surface area contributed by atoms with Gasteiger partial charge in [0.15, 0.2) is 0 Å². The number of hydrogen-bond donors (Lipinski definition) is 0. The summed E-state index contributed by atoms with van der Waals surface area (Å²) in [6.07, 6.45) is 0. The summed E-state index contributed by atoms with van der Waals surface area (Å²) in [5.74, 6) is 0. The van der Waals surface area contributed by atoms with Crippen molar-refractivity contribution in [2.75, 3.05) is 0 Å². The van der Waals surface area contributed by atoms with Gasteiger partial charge in [0.25, 0.3) is 0 Å². The molecule has 0 aliphatic rings.